The van der Waals surface area contributed by atoms with Crippen LogP contribution in [-0.4, -0.2) is 5.16 Å². The molecule has 0 aliphatic carbocycles. The Hall–Kier alpha value is -1.05. The molecule has 0 heterocycles. The van der Waals surface area contributed by atoms with Gasteiger partial charge >= 0.3 is 0 Å². The maximum absolute atomic E-state index is 12.5. The van der Waals surface area contributed by atoms with Gasteiger partial charge < -0.3 is 0 Å². The van der Waals surface area contributed by atoms with Crippen molar-refractivity contribution >= 4 is 17.4 Å². The van der Waals surface area contributed by atoms with Crippen molar-refractivity contribution in [1.82, 2.24) is 0 Å². The van der Waals surface area contributed by atoms with E-state index in [2.05, 4.69) is 22.4 Å². The molecular formula is C9H8FNS. The van der Waals surface area contributed by atoms with E-state index in [9.17, 15) is 4.39 Å². The molecule has 12 heavy (non-hydrogen) atoms. The molecular weight excluding hydrogens is 173 g/mol. The minimum atomic E-state index is -0.239. The molecule has 0 N–H and O–H groups in total. The van der Waals surface area contributed by atoms with Crippen LogP contribution in [0.3, 0.4) is 0 Å². The van der Waals surface area contributed by atoms with Gasteiger partial charge in [-0.1, -0.05) is 12.1 Å². The number of hydrogen-bond acceptors (Lipinski definition) is 2. The average molecular weight is 181 g/mol. The molecule has 1 nitrogen and oxygen atoms in total. The zero-order chi connectivity index (χ0) is 8.97. The van der Waals surface area contributed by atoms with Crippen molar-refractivity contribution in [2.45, 2.75) is 13.0 Å². The fraction of sp³-hybridized carbons (Fsp3) is 0.222. The molecule has 3 heteroatoms. The summed E-state index contributed by atoms with van der Waals surface area (Å²) in [4.78, 5) is 3.87. The molecule has 0 fully saturated rings. The van der Waals surface area contributed by atoms with Crippen molar-refractivity contribution in [1.29, 1.82) is 0 Å². The van der Waals surface area contributed by atoms with Crippen molar-refractivity contribution in [2.24, 2.45) is 4.99 Å². The maximum atomic E-state index is 12.5. The van der Waals surface area contributed by atoms with Crippen molar-refractivity contribution in [3.63, 3.8) is 0 Å². The third-order valence-electron chi connectivity index (χ3n) is 1.60. The van der Waals surface area contributed by atoms with Gasteiger partial charge in [0, 0.05) is 0 Å². The summed E-state index contributed by atoms with van der Waals surface area (Å²) >= 11 is 4.46. The van der Waals surface area contributed by atoms with E-state index in [4.69, 9.17) is 0 Å². The molecule has 1 aromatic carbocycles. The third kappa shape index (κ3) is 2.22. The minimum absolute atomic E-state index is 0.0388. The minimum Gasteiger partial charge on any atom is -0.225 e. The molecule has 0 saturated carbocycles. The lowest BCUT2D eigenvalue weighted by molar-refractivity contribution is 0.626. The molecule has 1 unspecified atom stereocenters. The second kappa shape index (κ2) is 4.10. The Bertz CT molecular complexity index is 301. The average Bonchev–Trinajstić information content (AvgIpc) is 2.06. The van der Waals surface area contributed by atoms with Gasteiger partial charge in [-0.15, -0.1) is 0 Å². The molecule has 62 valence electrons. The van der Waals surface area contributed by atoms with E-state index < -0.39 is 0 Å². The Kier molecular flexibility index (Phi) is 3.09. The largest absolute Gasteiger partial charge is 0.225 e. The normalized spacial score (nSPS) is 11.8. The molecule has 0 saturated heterocycles. The highest BCUT2D eigenvalue weighted by molar-refractivity contribution is 7.78. The smallest absolute Gasteiger partial charge is 0.123 e. The van der Waals surface area contributed by atoms with Crippen molar-refractivity contribution < 1.29 is 4.39 Å². The van der Waals surface area contributed by atoms with Crippen molar-refractivity contribution in [3.05, 3.63) is 35.6 Å². The zero-order valence-corrected chi connectivity index (χ0v) is 7.44. The van der Waals surface area contributed by atoms with Gasteiger partial charge in [0.05, 0.1) is 11.2 Å². The molecule has 0 spiro atoms. The van der Waals surface area contributed by atoms with E-state index in [0.29, 0.717) is 0 Å². The Morgan fingerprint density at radius 2 is 2.00 bits per heavy atom. The Morgan fingerprint density at radius 1 is 1.42 bits per heavy atom. The number of thiocarbonyl (C=S) groups is 1. The van der Waals surface area contributed by atoms with Crippen LogP contribution in [0.25, 0.3) is 0 Å². The molecule has 0 bridgehead atoms. The molecule has 1 atom stereocenters. The van der Waals surface area contributed by atoms with E-state index in [-0.39, 0.29) is 11.9 Å². The number of rotatable bonds is 2. The highest BCUT2D eigenvalue weighted by Crippen LogP contribution is 2.15. The molecule has 0 aromatic heterocycles. The SMILES string of the molecule is CC(N=C=S)c1ccc(F)cc1. The molecule has 0 aliphatic heterocycles. The second-order valence-corrected chi connectivity index (χ2v) is 2.63. The van der Waals surface area contributed by atoms with Crippen LogP contribution in [0.2, 0.25) is 0 Å². The molecule has 0 amide bonds. The van der Waals surface area contributed by atoms with E-state index in [1.165, 1.54) is 12.1 Å². The van der Waals surface area contributed by atoms with Gasteiger partial charge in [0.25, 0.3) is 0 Å². The van der Waals surface area contributed by atoms with E-state index in [1.807, 2.05) is 6.92 Å². The number of nitrogens with zero attached hydrogens (tertiary/aromatic N) is 1. The van der Waals surface area contributed by atoms with Crippen LogP contribution in [-0.2, 0) is 0 Å². The van der Waals surface area contributed by atoms with Gasteiger partial charge in [-0.05, 0) is 36.8 Å². The zero-order valence-electron chi connectivity index (χ0n) is 6.62. The maximum Gasteiger partial charge on any atom is 0.123 e. The Morgan fingerprint density at radius 3 is 2.50 bits per heavy atom. The highest BCUT2D eigenvalue weighted by Gasteiger charge is 2.01. The van der Waals surface area contributed by atoms with Gasteiger partial charge in [-0.3, -0.25) is 0 Å². The quantitative estimate of drug-likeness (QED) is 0.504. The summed E-state index contributed by atoms with van der Waals surface area (Å²) in [5.41, 5.74) is 0.939. The summed E-state index contributed by atoms with van der Waals surface area (Å²) in [6.07, 6.45) is 0. The van der Waals surface area contributed by atoms with Crippen LogP contribution in [0.15, 0.2) is 29.3 Å². The van der Waals surface area contributed by atoms with Gasteiger partial charge in [0.1, 0.15) is 5.82 Å². The van der Waals surface area contributed by atoms with E-state index >= 15 is 0 Å². The summed E-state index contributed by atoms with van der Waals surface area (Å²) in [5, 5.41) is 2.30. The lowest BCUT2D eigenvalue weighted by atomic mass is 10.1. The topological polar surface area (TPSA) is 12.4 Å². The van der Waals surface area contributed by atoms with Gasteiger partial charge in [-0.2, -0.15) is 0 Å². The number of benzene rings is 1. The van der Waals surface area contributed by atoms with Gasteiger partial charge in [0.15, 0.2) is 0 Å². The summed E-state index contributed by atoms with van der Waals surface area (Å²) in [6.45, 7) is 1.88. The monoisotopic (exact) mass is 181 g/mol. The van der Waals surface area contributed by atoms with Crippen LogP contribution < -0.4 is 0 Å². The first-order valence-electron chi connectivity index (χ1n) is 3.56. The Balaban J connectivity index is 2.89. The fourth-order valence-electron chi connectivity index (χ4n) is 0.895. The number of isothiocyanates is 1. The second-order valence-electron chi connectivity index (χ2n) is 2.45. The molecule has 1 rings (SSSR count). The lowest BCUT2D eigenvalue weighted by Crippen LogP contribution is -1.88. The molecule has 0 aliphatic rings. The molecule has 0 radical (unpaired) electrons. The summed E-state index contributed by atoms with van der Waals surface area (Å²) in [7, 11) is 0. The predicted octanol–water partition coefficient (Wildman–Crippen LogP) is 2.99. The standard InChI is InChI=1S/C9H8FNS/c1-7(11-6-12)8-2-4-9(10)5-3-8/h2-5,7H,1H3. The number of hydrogen-bond donors (Lipinski definition) is 0. The van der Waals surface area contributed by atoms with Gasteiger partial charge in [0.2, 0.25) is 0 Å². The van der Waals surface area contributed by atoms with Crippen LogP contribution in [0, 0.1) is 5.82 Å². The van der Waals surface area contributed by atoms with E-state index in [0.717, 1.165) is 5.56 Å². The summed E-state index contributed by atoms with van der Waals surface area (Å²) in [5.74, 6) is -0.239. The van der Waals surface area contributed by atoms with Crippen LogP contribution >= 0.6 is 12.2 Å². The first kappa shape index (κ1) is 9.04. The predicted molar refractivity (Wildman–Crippen MR) is 49.8 cm³/mol. The van der Waals surface area contributed by atoms with Gasteiger partial charge in [-0.25, -0.2) is 9.38 Å². The van der Waals surface area contributed by atoms with Crippen molar-refractivity contribution in [3.8, 4) is 0 Å². The van der Waals surface area contributed by atoms with Crippen molar-refractivity contribution in [2.75, 3.05) is 0 Å². The first-order chi connectivity index (χ1) is 5.74. The summed E-state index contributed by atoms with van der Waals surface area (Å²) < 4.78 is 12.5. The van der Waals surface area contributed by atoms with Crippen LogP contribution in [0.5, 0.6) is 0 Å². The van der Waals surface area contributed by atoms with Crippen LogP contribution in [0.4, 0.5) is 4.39 Å². The summed E-state index contributed by atoms with van der Waals surface area (Å²) in [6, 6.07) is 6.16. The highest BCUT2D eigenvalue weighted by atomic mass is 32.1. The first-order valence-corrected chi connectivity index (χ1v) is 3.97. The van der Waals surface area contributed by atoms with E-state index in [1.54, 1.807) is 12.1 Å². The molecule has 1 aromatic rings. The Labute approximate surface area is 75.9 Å². The fourth-order valence-corrected chi connectivity index (χ4v) is 1.05. The number of halogens is 1. The lowest BCUT2D eigenvalue weighted by Gasteiger charge is -2.02. The number of aliphatic imine (C=N–C) groups is 1. The third-order valence-corrected chi connectivity index (χ3v) is 1.70. The van der Waals surface area contributed by atoms with Crippen LogP contribution in [0.1, 0.15) is 18.5 Å².